The lowest BCUT2D eigenvalue weighted by Gasteiger charge is -1.98. The van der Waals surface area contributed by atoms with Gasteiger partial charge in [0.15, 0.2) is 5.97 Å². The lowest BCUT2D eigenvalue weighted by molar-refractivity contribution is -0.298. The Morgan fingerprint density at radius 2 is 1.88 bits per heavy atom. The van der Waals surface area contributed by atoms with E-state index in [0.717, 1.165) is 5.56 Å². The minimum atomic E-state index is -1.70. The Bertz CT molecular complexity index is 448. The maximum Gasteiger partial charge on any atom is 0.429 e. The van der Waals surface area contributed by atoms with Gasteiger partial charge < -0.3 is 9.90 Å². The molecule has 0 radical (unpaired) electrons. The molecule has 0 unspecified atom stereocenters. The lowest BCUT2D eigenvalue weighted by atomic mass is 10.1. The number of carboxylic acids is 1. The Hall–Kier alpha value is -2.26. The second-order valence-electron chi connectivity index (χ2n) is 3.16. The van der Waals surface area contributed by atoms with Gasteiger partial charge in [0, 0.05) is 6.42 Å². The van der Waals surface area contributed by atoms with Gasteiger partial charge in [0.2, 0.25) is 0 Å². The van der Waals surface area contributed by atoms with Crippen LogP contribution >= 0.6 is 0 Å². The van der Waals surface area contributed by atoms with Crippen LogP contribution in [0, 0.1) is 5.53 Å². The van der Waals surface area contributed by atoms with Gasteiger partial charge in [-0.2, -0.15) is 0 Å². The van der Waals surface area contributed by atoms with Crippen LogP contribution in [0.1, 0.15) is 12.0 Å². The van der Waals surface area contributed by atoms with Crippen LogP contribution in [0.4, 0.5) is 0 Å². The number of nitrogens with zero attached hydrogens (tertiary/aromatic N) is 1. The van der Waals surface area contributed by atoms with E-state index in [4.69, 9.17) is 5.53 Å². The molecule has 1 N–H and O–H groups in total. The molecule has 0 bridgehead atoms. The standard InChI is InChI=1S/C11H10N2O3/c12-13-10(11(15)16)9(14)7-6-8-4-2-1-3-5-8/h1-5,12H,6-7H2. The number of nitrogens with one attached hydrogen (secondary N) is 1. The van der Waals surface area contributed by atoms with E-state index in [-0.39, 0.29) is 6.42 Å². The molecule has 0 saturated heterocycles. The number of hydrogen-bond acceptors (Lipinski definition) is 4. The molecule has 0 aliphatic carbocycles. The molecule has 0 amide bonds. The Labute approximate surface area is 92.0 Å². The van der Waals surface area contributed by atoms with Crippen LogP contribution < -0.4 is 5.11 Å². The molecule has 0 fully saturated rings. The molecule has 5 heteroatoms. The molecule has 0 spiro atoms. The average Bonchev–Trinajstić information content (AvgIpc) is 2.28. The zero-order valence-electron chi connectivity index (χ0n) is 8.47. The van der Waals surface area contributed by atoms with Gasteiger partial charge in [-0.05, 0) is 12.0 Å². The van der Waals surface area contributed by atoms with Crippen molar-refractivity contribution in [3.05, 3.63) is 35.9 Å². The van der Waals surface area contributed by atoms with Gasteiger partial charge in [-0.15, -0.1) is 0 Å². The fourth-order valence-electron chi connectivity index (χ4n) is 1.24. The molecule has 16 heavy (non-hydrogen) atoms. The van der Waals surface area contributed by atoms with Gasteiger partial charge in [0.25, 0.3) is 5.78 Å². The normalized spacial score (nSPS) is 9.25. The van der Waals surface area contributed by atoms with Crippen molar-refractivity contribution in [3.8, 4) is 0 Å². The largest absolute Gasteiger partial charge is 0.538 e. The highest BCUT2D eigenvalue weighted by atomic mass is 16.4. The zero-order valence-corrected chi connectivity index (χ0v) is 8.47. The van der Waals surface area contributed by atoms with Crippen molar-refractivity contribution in [1.29, 1.82) is 5.53 Å². The van der Waals surface area contributed by atoms with E-state index < -0.39 is 17.5 Å². The molecule has 0 aliphatic heterocycles. The summed E-state index contributed by atoms with van der Waals surface area (Å²) in [5.41, 5.74) is 6.66. The number of carboxylic acid groups (broad SMARTS) is 1. The van der Waals surface area contributed by atoms with Crippen molar-refractivity contribution in [2.75, 3.05) is 0 Å². The lowest BCUT2D eigenvalue weighted by Crippen LogP contribution is -2.37. The maximum absolute atomic E-state index is 11.3. The Kier molecular flexibility index (Phi) is 4.12. The Morgan fingerprint density at radius 1 is 1.25 bits per heavy atom. The molecule has 1 aromatic carbocycles. The predicted octanol–water partition coefficient (Wildman–Crippen LogP) is -0.382. The summed E-state index contributed by atoms with van der Waals surface area (Å²) in [7, 11) is 0. The molecule has 1 rings (SSSR count). The third kappa shape index (κ3) is 3.15. The van der Waals surface area contributed by atoms with E-state index in [1.807, 2.05) is 30.3 Å². The Morgan fingerprint density at radius 3 is 2.38 bits per heavy atom. The second kappa shape index (κ2) is 5.58. The molecule has 1 aromatic rings. The first-order chi connectivity index (χ1) is 7.65. The summed E-state index contributed by atoms with van der Waals surface area (Å²) < 4.78 is 0. The van der Waals surface area contributed by atoms with E-state index in [9.17, 15) is 14.7 Å². The molecule has 0 atom stereocenters. The quantitative estimate of drug-likeness (QED) is 0.316. The molecular weight excluding hydrogens is 208 g/mol. The van der Waals surface area contributed by atoms with E-state index in [0.29, 0.717) is 6.42 Å². The number of hydrogen-bond donors (Lipinski definition) is 1. The number of carbonyl (C=O) groups excluding carboxylic acids is 2. The van der Waals surface area contributed by atoms with Crippen molar-refractivity contribution in [2.24, 2.45) is 0 Å². The van der Waals surface area contributed by atoms with Crippen molar-refractivity contribution in [1.82, 2.24) is 0 Å². The third-order valence-corrected chi connectivity index (χ3v) is 2.05. The number of rotatable bonds is 5. The van der Waals surface area contributed by atoms with E-state index in [1.54, 1.807) is 0 Å². The van der Waals surface area contributed by atoms with Crippen LogP contribution in [-0.2, 0) is 16.0 Å². The van der Waals surface area contributed by atoms with E-state index in [2.05, 4.69) is 4.79 Å². The first-order valence-electron chi connectivity index (χ1n) is 4.68. The summed E-state index contributed by atoms with van der Waals surface area (Å²) in [6, 6.07) is 9.19. The number of benzene rings is 1. The number of aryl methyl sites for hydroxylation is 1. The summed E-state index contributed by atoms with van der Waals surface area (Å²) >= 11 is 0. The number of ketones is 1. The zero-order chi connectivity index (χ0) is 12.0. The molecular formula is C11H10N2O3. The molecule has 0 saturated carbocycles. The van der Waals surface area contributed by atoms with E-state index >= 15 is 0 Å². The molecule has 0 aliphatic rings. The first-order valence-corrected chi connectivity index (χ1v) is 4.68. The summed E-state index contributed by atoms with van der Waals surface area (Å²) in [5, 5.41) is 10.4. The number of Topliss-reactive ketones (excluding diaryl/α,β-unsaturated/α-hetero) is 1. The average molecular weight is 218 g/mol. The highest BCUT2D eigenvalue weighted by Gasteiger charge is 2.23. The minimum absolute atomic E-state index is 0.00963. The first kappa shape index (κ1) is 11.8. The van der Waals surface area contributed by atoms with Crippen LogP contribution in [0.25, 0.3) is 0 Å². The molecule has 5 nitrogen and oxygen atoms in total. The van der Waals surface area contributed by atoms with Crippen molar-refractivity contribution < 1.29 is 19.5 Å². The smallest absolute Gasteiger partial charge is 0.429 e. The Balaban J connectivity index is 2.60. The van der Waals surface area contributed by atoms with Gasteiger partial charge in [0.05, 0.1) is 10.3 Å². The molecule has 82 valence electrons. The highest BCUT2D eigenvalue weighted by molar-refractivity contribution is 6.61. The topological polar surface area (TPSA) is 95.2 Å². The van der Waals surface area contributed by atoms with Crippen molar-refractivity contribution in [2.45, 2.75) is 12.8 Å². The van der Waals surface area contributed by atoms with Crippen LogP contribution in [0.2, 0.25) is 0 Å². The third-order valence-electron chi connectivity index (χ3n) is 2.05. The van der Waals surface area contributed by atoms with Gasteiger partial charge in [0.1, 0.15) is 0 Å². The monoisotopic (exact) mass is 218 g/mol. The van der Waals surface area contributed by atoms with Crippen molar-refractivity contribution in [3.63, 3.8) is 0 Å². The molecule has 0 aromatic heterocycles. The SMILES string of the molecule is N=[N+]=C(C(=O)[O-])C(=O)CCc1ccccc1. The summed E-state index contributed by atoms with van der Waals surface area (Å²) in [6.07, 6.45) is 0.432. The van der Waals surface area contributed by atoms with Crippen LogP contribution in [0.5, 0.6) is 0 Å². The summed E-state index contributed by atoms with van der Waals surface area (Å²) in [6.45, 7) is 0. The fourth-order valence-corrected chi connectivity index (χ4v) is 1.24. The number of carbonyl (C=O) groups is 2. The molecule has 0 heterocycles. The summed E-state index contributed by atoms with van der Waals surface area (Å²) in [4.78, 5) is 24.4. The van der Waals surface area contributed by atoms with Gasteiger partial charge in [-0.3, -0.25) is 4.79 Å². The van der Waals surface area contributed by atoms with Crippen molar-refractivity contribution >= 4 is 17.5 Å². The minimum Gasteiger partial charge on any atom is -0.538 e. The summed E-state index contributed by atoms with van der Waals surface area (Å²) in [5.74, 6) is -2.38. The van der Waals surface area contributed by atoms with Crippen LogP contribution in [-0.4, -0.2) is 22.3 Å². The van der Waals surface area contributed by atoms with Gasteiger partial charge >= 0.3 is 5.71 Å². The van der Waals surface area contributed by atoms with Crippen LogP contribution in [0.3, 0.4) is 0 Å². The van der Waals surface area contributed by atoms with Gasteiger partial charge in [-0.1, -0.05) is 30.3 Å². The fraction of sp³-hybridized carbons (Fsp3) is 0.182. The van der Waals surface area contributed by atoms with E-state index in [1.165, 1.54) is 0 Å². The van der Waals surface area contributed by atoms with Crippen LogP contribution in [0.15, 0.2) is 30.3 Å². The number of aliphatic carboxylic acids is 1. The van der Waals surface area contributed by atoms with Gasteiger partial charge in [-0.25, -0.2) is 0 Å². The highest BCUT2D eigenvalue weighted by Crippen LogP contribution is 2.02. The second-order valence-corrected chi connectivity index (χ2v) is 3.16. The predicted molar refractivity (Wildman–Crippen MR) is 52.8 cm³/mol. The maximum atomic E-state index is 11.3.